The molecule has 0 N–H and O–H groups in total. The highest BCUT2D eigenvalue weighted by molar-refractivity contribution is 5.79. The molecule has 2 saturated carbocycles. The number of allylic oxidation sites excluding steroid dienone is 4. The van der Waals surface area contributed by atoms with Crippen LogP contribution in [-0.2, 0) is 9.53 Å². The van der Waals surface area contributed by atoms with Gasteiger partial charge in [-0.15, -0.1) is 0 Å². The molecule has 4 aliphatic carbocycles. The van der Waals surface area contributed by atoms with Gasteiger partial charge in [0.05, 0.1) is 12.9 Å². The van der Waals surface area contributed by atoms with Gasteiger partial charge in [-0.1, -0.05) is 19.9 Å². The second-order valence-corrected chi connectivity index (χ2v) is 9.29. The van der Waals surface area contributed by atoms with Crippen LogP contribution in [0.3, 0.4) is 0 Å². The molecule has 24 heavy (non-hydrogen) atoms. The molecule has 0 aromatic heterocycles. The lowest BCUT2D eigenvalue weighted by Crippen LogP contribution is -2.49. The van der Waals surface area contributed by atoms with Crippen LogP contribution < -0.4 is 0 Å². The van der Waals surface area contributed by atoms with Gasteiger partial charge in [-0.25, -0.2) is 0 Å². The summed E-state index contributed by atoms with van der Waals surface area (Å²) >= 11 is 0. The van der Waals surface area contributed by atoms with Gasteiger partial charge in [0.25, 0.3) is 0 Å². The maximum absolute atomic E-state index is 12.2. The van der Waals surface area contributed by atoms with Gasteiger partial charge in [0.2, 0.25) is 0 Å². The van der Waals surface area contributed by atoms with E-state index in [0.29, 0.717) is 17.1 Å². The summed E-state index contributed by atoms with van der Waals surface area (Å²) in [6.45, 7) is 6.75. The Bertz CT molecular complexity index is 615. The lowest BCUT2D eigenvalue weighted by molar-refractivity contribution is -0.127. The summed E-state index contributed by atoms with van der Waals surface area (Å²) < 4.78 is 5.53. The number of Topliss-reactive ketones (excluding diaryl/α,β-unsaturated/α-hetero) is 1. The summed E-state index contributed by atoms with van der Waals surface area (Å²) in [5.74, 6) is 4.20. The van der Waals surface area contributed by atoms with E-state index in [2.05, 4.69) is 26.0 Å². The molecule has 0 aromatic carbocycles. The number of ether oxygens (including phenoxy) is 1. The minimum absolute atomic E-state index is 0.261. The number of carbonyl (C=O) groups excluding carboxylic acids is 1. The molecule has 0 heterocycles. The van der Waals surface area contributed by atoms with E-state index in [1.807, 2.05) is 6.92 Å². The molecule has 4 rings (SSSR count). The van der Waals surface area contributed by atoms with Crippen LogP contribution in [0.5, 0.6) is 0 Å². The number of rotatable bonds is 2. The van der Waals surface area contributed by atoms with E-state index in [1.54, 1.807) is 7.11 Å². The Labute approximate surface area is 146 Å². The van der Waals surface area contributed by atoms with Gasteiger partial charge in [0.1, 0.15) is 5.78 Å². The predicted octanol–water partition coefficient (Wildman–Crippen LogP) is 5.29. The van der Waals surface area contributed by atoms with Crippen molar-refractivity contribution in [1.82, 2.24) is 0 Å². The van der Waals surface area contributed by atoms with Gasteiger partial charge in [-0.3, -0.25) is 4.79 Å². The van der Waals surface area contributed by atoms with Crippen LogP contribution >= 0.6 is 0 Å². The van der Waals surface area contributed by atoms with Crippen LogP contribution in [0.1, 0.15) is 65.7 Å². The van der Waals surface area contributed by atoms with Crippen molar-refractivity contribution in [3.05, 3.63) is 23.5 Å². The van der Waals surface area contributed by atoms with Crippen molar-refractivity contribution < 1.29 is 9.53 Å². The number of ketones is 1. The van der Waals surface area contributed by atoms with Crippen LogP contribution in [0.4, 0.5) is 0 Å². The number of carbonyl (C=O) groups is 1. The van der Waals surface area contributed by atoms with Crippen molar-refractivity contribution >= 4 is 5.78 Å². The summed E-state index contributed by atoms with van der Waals surface area (Å²) in [5.41, 5.74) is 2.11. The summed E-state index contributed by atoms with van der Waals surface area (Å²) in [7, 11) is 1.80. The predicted molar refractivity (Wildman–Crippen MR) is 96.3 cm³/mol. The molecular formula is C22H32O2. The third-order valence-corrected chi connectivity index (χ3v) is 8.49. The van der Waals surface area contributed by atoms with Gasteiger partial charge >= 0.3 is 0 Å². The Morgan fingerprint density at radius 1 is 1.17 bits per heavy atom. The van der Waals surface area contributed by atoms with Gasteiger partial charge in [-0.05, 0) is 85.7 Å². The molecule has 0 spiro atoms. The lowest BCUT2D eigenvalue weighted by Gasteiger charge is -2.56. The molecule has 0 amide bonds. The Morgan fingerprint density at radius 2 is 1.96 bits per heavy atom. The van der Waals surface area contributed by atoms with E-state index >= 15 is 0 Å². The van der Waals surface area contributed by atoms with E-state index in [4.69, 9.17) is 4.74 Å². The van der Waals surface area contributed by atoms with Crippen LogP contribution in [0.2, 0.25) is 0 Å². The first-order chi connectivity index (χ1) is 11.4. The highest BCUT2D eigenvalue weighted by atomic mass is 16.5. The number of fused-ring (bicyclic) bond motifs is 5. The third kappa shape index (κ3) is 2.10. The molecular weight excluding hydrogens is 296 g/mol. The minimum atomic E-state index is 0.261. The monoisotopic (exact) mass is 328 g/mol. The maximum Gasteiger partial charge on any atom is 0.133 e. The molecule has 0 bridgehead atoms. The SMILES string of the molecule is COC1=CC2=CC[C@H]3[C@@H]4CC[C@H](C(C)=O)[C@@]4(C)CC[C@@H]3[C@@]2(C)CC1. The van der Waals surface area contributed by atoms with Crippen molar-refractivity contribution in [1.29, 1.82) is 0 Å². The second-order valence-electron chi connectivity index (χ2n) is 9.29. The first kappa shape index (κ1) is 16.4. The van der Waals surface area contributed by atoms with Gasteiger partial charge < -0.3 is 4.74 Å². The normalized spacial score (nSPS) is 47.0. The zero-order valence-electron chi connectivity index (χ0n) is 15.7. The number of methoxy groups -OCH3 is 1. The second kappa shape index (κ2) is 5.47. The van der Waals surface area contributed by atoms with Crippen molar-refractivity contribution in [2.75, 3.05) is 7.11 Å². The molecule has 132 valence electrons. The molecule has 2 fully saturated rings. The van der Waals surface area contributed by atoms with E-state index in [1.165, 1.54) is 37.7 Å². The highest BCUT2D eigenvalue weighted by Crippen LogP contribution is 2.66. The van der Waals surface area contributed by atoms with Crippen LogP contribution in [0, 0.1) is 34.5 Å². The van der Waals surface area contributed by atoms with Crippen molar-refractivity contribution in [2.24, 2.45) is 34.5 Å². The average Bonchev–Trinajstić information content (AvgIpc) is 2.91. The molecule has 4 aliphatic rings. The van der Waals surface area contributed by atoms with Crippen LogP contribution in [-0.4, -0.2) is 12.9 Å². The first-order valence-electron chi connectivity index (χ1n) is 9.86. The van der Waals surface area contributed by atoms with Crippen LogP contribution in [0.25, 0.3) is 0 Å². The van der Waals surface area contributed by atoms with Gasteiger partial charge in [-0.2, -0.15) is 0 Å². The van der Waals surface area contributed by atoms with E-state index in [-0.39, 0.29) is 5.41 Å². The molecule has 0 radical (unpaired) electrons. The Kier molecular flexibility index (Phi) is 3.75. The Morgan fingerprint density at radius 3 is 2.67 bits per heavy atom. The summed E-state index contributed by atoms with van der Waals surface area (Å²) in [6, 6.07) is 0. The van der Waals surface area contributed by atoms with Gasteiger partial charge in [0, 0.05) is 12.3 Å². The Balaban J connectivity index is 1.68. The first-order valence-corrected chi connectivity index (χ1v) is 9.86. The van der Waals surface area contributed by atoms with Crippen molar-refractivity contribution in [3.63, 3.8) is 0 Å². The van der Waals surface area contributed by atoms with E-state index in [9.17, 15) is 4.79 Å². The van der Waals surface area contributed by atoms with Crippen molar-refractivity contribution in [3.8, 4) is 0 Å². The van der Waals surface area contributed by atoms with Crippen molar-refractivity contribution in [2.45, 2.75) is 65.7 Å². The fraction of sp³-hybridized carbons (Fsp3) is 0.773. The number of hydrogen-bond acceptors (Lipinski definition) is 2. The molecule has 2 heteroatoms. The fourth-order valence-corrected chi connectivity index (χ4v) is 7.13. The zero-order valence-corrected chi connectivity index (χ0v) is 15.7. The fourth-order valence-electron chi connectivity index (χ4n) is 7.13. The summed E-state index contributed by atoms with van der Waals surface area (Å²) in [6.07, 6.45) is 13.3. The summed E-state index contributed by atoms with van der Waals surface area (Å²) in [4.78, 5) is 12.2. The smallest absolute Gasteiger partial charge is 0.133 e. The molecule has 6 atom stereocenters. The van der Waals surface area contributed by atoms with Crippen LogP contribution in [0.15, 0.2) is 23.5 Å². The lowest BCUT2D eigenvalue weighted by atomic mass is 9.48. The quantitative estimate of drug-likeness (QED) is 0.688. The standard InChI is InChI=1S/C22H32O2/c1-14(23)18-7-8-19-17-6-5-15-13-16(24-4)9-11-21(15,2)20(17)10-12-22(18,19)3/h5,13,17-20H,6-12H2,1-4H3/t17-,18+,19-,20-,21-,22+/m0/s1. The minimum Gasteiger partial charge on any atom is -0.501 e. The molecule has 0 aromatic rings. The maximum atomic E-state index is 12.2. The zero-order chi connectivity index (χ0) is 17.1. The summed E-state index contributed by atoms with van der Waals surface area (Å²) in [5, 5.41) is 0. The largest absolute Gasteiger partial charge is 0.501 e. The average molecular weight is 328 g/mol. The molecule has 0 saturated heterocycles. The van der Waals surface area contributed by atoms with E-state index < -0.39 is 0 Å². The van der Waals surface area contributed by atoms with Gasteiger partial charge in [0.15, 0.2) is 0 Å². The third-order valence-electron chi connectivity index (χ3n) is 8.49. The van der Waals surface area contributed by atoms with E-state index in [0.717, 1.165) is 36.4 Å². The molecule has 0 unspecified atom stereocenters. The molecule has 0 aliphatic heterocycles. The highest BCUT2D eigenvalue weighted by Gasteiger charge is 2.58. The topological polar surface area (TPSA) is 26.3 Å². The Hall–Kier alpha value is -1.05. The molecule has 2 nitrogen and oxygen atoms in total. The number of hydrogen-bond donors (Lipinski definition) is 0.